The molecule has 0 aliphatic heterocycles. The summed E-state index contributed by atoms with van der Waals surface area (Å²) in [5.74, 6) is 5.77. The smallest absolute Gasteiger partial charge is 0.0326 e. The zero-order valence-corrected chi connectivity index (χ0v) is 18.7. The van der Waals surface area contributed by atoms with Crippen molar-refractivity contribution in [3.63, 3.8) is 0 Å². The number of hydrogen-bond donors (Lipinski definition) is 0. The average Bonchev–Trinajstić information content (AvgIpc) is 3.12. The molecule has 0 heterocycles. The highest BCUT2D eigenvalue weighted by Gasteiger charge is 2.47. The summed E-state index contributed by atoms with van der Waals surface area (Å²) in [5.41, 5.74) is 0. The number of rotatable bonds is 14. The van der Waals surface area contributed by atoms with Crippen LogP contribution in [-0.4, -0.2) is 0 Å². The minimum Gasteiger partial charge on any atom is -0.0654 e. The SMILES string of the molecule is CCCCCCCCCCCCCCCC1CCC2CCC3CCCC1C32. The maximum absolute atomic E-state index is 2.31. The Hall–Kier alpha value is 0. The molecule has 0 spiro atoms. The molecule has 5 unspecified atom stereocenters. The van der Waals surface area contributed by atoms with Crippen LogP contribution in [-0.2, 0) is 0 Å². The van der Waals surface area contributed by atoms with E-state index in [1.165, 1.54) is 83.0 Å². The van der Waals surface area contributed by atoms with E-state index in [9.17, 15) is 0 Å². The molecule has 5 atom stereocenters. The molecule has 0 nitrogen and oxygen atoms in total. The molecule has 0 heteroatoms. The molecule has 0 amide bonds. The fourth-order valence-corrected chi connectivity index (χ4v) is 7.35. The normalized spacial score (nSPS) is 32.6. The van der Waals surface area contributed by atoms with Crippen LogP contribution in [0.25, 0.3) is 0 Å². The Morgan fingerprint density at radius 3 is 1.67 bits per heavy atom. The molecule has 3 aliphatic carbocycles. The van der Waals surface area contributed by atoms with Crippen molar-refractivity contribution in [2.24, 2.45) is 29.6 Å². The molecular formula is C27H50. The van der Waals surface area contributed by atoms with Gasteiger partial charge in [0.05, 0.1) is 0 Å². The first kappa shape index (κ1) is 21.7. The van der Waals surface area contributed by atoms with E-state index in [2.05, 4.69) is 6.92 Å². The Labute approximate surface area is 171 Å². The summed E-state index contributed by atoms with van der Waals surface area (Å²) in [6.45, 7) is 2.31. The van der Waals surface area contributed by atoms with Crippen molar-refractivity contribution in [1.29, 1.82) is 0 Å². The summed E-state index contributed by atoms with van der Waals surface area (Å²) < 4.78 is 0. The third kappa shape index (κ3) is 6.78. The van der Waals surface area contributed by atoms with E-state index in [0.29, 0.717) is 0 Å². The second-order valence-corrected chi connectivity index (χ2v) is 10.6. The van der Waals surface area contributed by atoms with Gasteiger partial charge in [-0.15, -0.1) is 0 Å². The average molecular weight is 375 g/mol. The maximum Gasteiger partial charge on any atom is -0.0326 e. The fourth-order valence-electron chi connectivity index (χ4n) is 7.35. The highest BCUT2D eigenvalue weighted by atomic mass is 14.5. The highest BCUT2D eigenvalue weighted by molar-refractivity contribution is 4.97. The summed E-state index contributed by atoms with van der Waals surface area (Å²) in [6, 6.07) is 0. The monoisotopic (exact) mass is 374 g/mol. The molecule has 0 aromatic heterocycles. The Morgan fingerprint density at radius 2 is 1.04 bits per heavy atom. The van der Waals surface area contributed by atoms with Crippen molar-refractivity contribution in [1.82, 2.24) is 0 Å². The zero-order chi connectivity index (χ0) is 18.7. The number of unbranched alkanes of at least 4 members (excludes halogenated alkanes) is 12. The van der Waals surface area contributed by atoms with Gasteiger partial charge in [-0.3, -0.25) is 0 Å². The Kier molecular flexibility index (Phi) is 10.1. The van der Waals surface area contributed by atoms with Crippen LogP contribution in [0.4, 0.5) is 0 Å². The van der Waals surface area contributed by atoms with Gasteiger partial charge in [-0.1, -0.05) is 110 Å². The van der Waals surface area contributed by atoms with Crippen molar-refractivity contribution in [2.75, 3.05) is 0 Å². The second kappa shape index (κ2) is 12.5. The topological polar surface area (TPSA) is 0 Å². The third-order valence-electron chi connectivity index (χ3n) is 8.80. The van der Waals surface area contributed by atoms with Gasteiger partial charge in [0.15, 0.2) is 0 Å². The second-order valence-electron chi connectivity index (χ2n) is 10.6. The van der Waals surface area contributed by atoms with Gasteiger partial charge in [0.2, 0.25) is 0 Å². The Balaban J connectivity index is 1.16. The van der Waals surface area contributed by atoms with E-state index < -0.39 is 0 Å². The van der Waals surface area contributed by atoms with E-state index >= 15 is 0 Å². The van der Waals surface area contributed by atoms with Crippen molar-refractivity contribution in [3.8, 4) is 0 Å². The fraction of sp³-hybridized carbons (Fsp3) is 1.00. The highest BCUT2D eigenvalue weighted by Crippen LogP contribution is 2.57. The van der Waals surface area contributed by atoms with Crippen LogP contribution in [0.3, 0.4) is 0 Å². The van der Waals surface area contributed by atoms with Gasteiger partial charge >= 0.3 is 0 Å². The van der Waals surface area contributed by atoms with Crippen molar-refractivity contribution < 1.29 is 0 Å². The molecule has 0 aromatic rings. The molecule has 0 radical (unpaired) electrons. The van der Waals surface area contributed by atoms with E-state index in [1.54, 1.807) is 57.8 Å². The van der Waals surface area contributed by atoms with Crippen LogP contribution in [0, 0.1) is 29.6 Å². The van der Waals surface area contributed by atoms with Crippen LogP contribution in [0.5, 0.6) is 0 Å². The van der Waals surface area contributed by atoms with E-state index in [1.807, 2.05) is 0 Å². The van der Waals surface area contributed by atoms with E-state index in [0.717, 1.165) is 23.7 Å². The van der Waals surface area contributed by atoms with Crippen molar-refractivity contribution >= 4 is 0 Å². The molecule has 0 N–H and O–H groups in total. The van der Waals surface area contributed by atoms with Gasteiger partial charge < -0.3 is 0 Å². The van der Waals surface area contributed by atoms with Crippen LogP contribution >= 0.6 is 0 Å². The largest absolute Gasteiger partial charge is 0.0654 e. The summed E-state index contributed by atoms with van der Waals surface area (Å²) >= 11 is 0. The van der Waals surface area contributed by atoms with Crippen molar-refractivity contribution in [2.45, 2.75) is 142 Å². The lowest BCUT2D eigenvalue weighted by Gasteiger charge is -2.46. The lowest BCUT2D eigenvalue weighted by atomic mass is 9.60. The molecule has 3 saturated carbocycles. The molecule has 3 fully saturated rings. The molecule has 0 aromatic carbocycles. The maximum atomic E-state index is 2.31. The third-order valence-corrected chi connectivity index (χ3v) is 8.80. The van der Waals surface area contributed by atoms with E-state index in [4.69, 9.17) is 0 Å². The Morgan fingerprint density at radius 1 is 0.519 bits per heavy atom. The first-order valence-corrected chi connectivity index (χ1v) is 13.4. The van der Waals surface area contributed by atoms with Crippen LogP contribution in [0.2, 0.25) is 0 Å². The molecule has 158 valence electrons. The summed E-state index contributed by atoms with van der Waals surface area (Å²) in [5, 5.41) is 0. The van der Waals surface area contributed by atoms with Gasteiger partial charge in [-0.05, 0) is 61.7 Å². The van der Waals surface area contributed by atoms with Gasteiger partial charge in [-0.2, -0.15) is 0 Å². The van der Waals surface area contributed by atoms with Crippen LogP contribution in [0.1, 0.15) is 142 Å². The first-order valence-electron chi connectivity index (χ1n) is 13.4. The quantitative estimate of drug-likeness (QED) is 0.266. The summed E-state index contributed by atoms with van der Waals surface area (Å²) in [7, 11) is 0. The van der Waals surface area contributed by atoms with Crippen LogP contribution in [0.15, 0.2) is 0 Å². The standard InChI is InChI=1S/C27H50/c1-2-3-4-5-6-7-8-9-10-11-12-13-14-16-23-19-20-25-22-21-24-17-15-18-26(23)27(24)25/h23-27H,2-22H2,1H3. The Bertz CT molecular complexity index is 366. The zero-order valence-electron chi connectivity index (χ0n) is 18.7. The van der Waals surface area contributed by atoms with Crippen LogP contribution < -0.4 is 0 Å². The van der Waals surface area contributed by atoms with Gasteiger partial charge in [0.1, 0.15) is 0 Å². The van der Waals surface area contributed by atoms with Gasteiger partial charge in [-0.25, -0.2) is 0 Å². The predicted molar refractivity (Wildman–Crippen MR) is 120 cm³/mol. The van der Waals surface area contributed by atoms with Gasteiger partial charge in [0.25, 0.3) is 0 Å². The summed E-state index contributed by atoms with van der Waals surface area (Å²) in [4.78, 5) is 0. The predicted octanol–water partition coefficient (Wildman–Crippen LogP) is 9.32. The molecular weight excluding hydrogens is 324 g/mol. The molecule has 0 bridgehead atoms. The molecule has 0 saturated heterocycles. The molecule has 27 heavy (non-hydrogen) atoms. The minimum atomic E-state index is 1.12. The molecule has 3 rings (SSSR count). The van der Waals surface area contributed by atoms with Gasteiger partial charge in [0, 0.05) is 0 Å². The van der Waals surface area contributed by atoms with Crippen molar-refractivity contribution in [3.05, 3.63) is 0 Å². The minimum absolute atomic E-state index is 1.12. The number of hydrogen-bond acceptors (Lipinski definition) is 0. The molecule has 3 aliphatic rings. The lowest BCUT2D eigenvalue weighted by Crippen LogP contribution is -2.37. The first-order chi connectivity index (χ1) is 13.4. The lowest BCUT2D eigenvalue weighted by molar-refractivity contribution is 0.0388. The summed E-state index contributed by atoms with van der Waals surface area (Å²) in [6.07, 6.45) is 32.1. The van der Waals surface area contributed by atoms with E-state index in [-0.39, 0.29) is 0 Å².